The number of nitrogens with one attached hydrogen (secondary N) is 2. The Bertz CT molecular complexity index is 490. The second-order valence-corrected chi connectivity index (χ2v) is 5.23. The van der Waals surface area contributed by atoms with Crippen LogP contribution in [0.3, 0.4) is 0 Å². The van der Waals surface area contributed by atoms with Crippen LogP contribution in [0.1, 0.15) is 29.6 Å². The maximum atomic E-state index is 12.2. The third-order valence-electron chi connectivity index (χ3n) is 3.64. The maximum absolute atomic E-state index is 12.2. The van der Waals surface area contributed by atoms with Gasteiger partial charge in [0.1, 0.15) is 0 Å². The fourth-order valence-corrected chi connectivity index (χ4v) is 2.55. The first-order valence-corrected chi connectivity index (χ1v) is 7.24. The molecule has 1 saturated heterocycles. The highest BCUT2D eigenvalue weighted by Gasteiger charge is 2.18. The minimum absolute atomic E-state index is 0. The lowest BCUT2D eigenvalue weighted by atomic mass is 10.1. The summed E-state index contributed by atoms with van der Waals surface area (Å²) in [5, 5.41) is 6.35. The van der Waals surface area contributed by atoms with Crippen LogP contribution in [0.4, 0.5) is 0 Å². The summed E-state index contributed by atoms with van der Waals surface area (Å²) < 4.78 is 11.2. The van der Waals surface area contributed by atoms with Gasteiger partial charge >= 0.3 is 0 Å². The number of rotatable bonds is 2. The number of halogens is 1. The Morgan fingerprint density at radius 3 is 2.76 bits per heavy atom. The summed E-state index contributed by atoms with van der Waals surface area (Å²) in [6, 6.07) is 5.59. The molecule has 6 heteroatoms. The third-order valence-corrected chi connectivity index (χ3v) is 3.64. The normalized spacial score (nSPS) is 20.9. The number of ether oxygens (including phenoxy) is 2. The summed E-state index contributed by atoms with van der Waals surface area (Å²) in [6.07, 6.45) is 3.00. The van der Waals surface area contributed by atoms with Crippen molar-refractivity contribution in [3.05, 3.63) is 23.8 Å². The Morgan fingerprint density at radius 1 is 1.19 bits per heavy atom. The summed E-state index contributed by atoms with van der Waals surface area (Å²) in [5.74, 6) is 1.34. The molecule has 0 radical (unpaired) electrons. The Morgan fingerprint density at radius 2 is 2.00 bits per heavy atom. The van der Waals surface area contributed by atoms with Crippen LogP contribution in [0.15, 0.2) is 18.2 Å². The molecule has 1 amide bonds. The lowest BCUT2D eigenvalue weighted by Crippen LogP contribution is -2.45. The van der Waals surface area contributed by atoms with Crippen LogP contribution in [-0.2, 0) is 0 Å². The van der Waals surface area contributed by atoms with E-state index in [1.54, 1.807) is 12.1 Å². The molecule has 0 saturated carbocycles. The Balaban J connectivity index is 0.00000161. The zero-order valence-corrected chi connectivity index (χ0v) is 12.7. The molecular weight excluding hydrogens is 292 g/mol. The maximum Gasteiger partial charge on any atom is 0.251 e. The fraction of sp³-hybridized carbons (Fsp3) is 0.533. The molecule has 0 bridgehead atoms. The number of amides is 1. The van der Waals surface area contributed by atoms with Crippen LogP contribution in [0, 0.1) is 0 Å². The van der Waals surface area contributed by atoms with Crippen LogP contribution in [-0.4, -0.2) is 38.3 Å². The average Bonchev–Trinajstić information content (AvgIpc) is 2.72. The van der Waals surface area contributed by atoms with Crippen molar-refractivity contribution >= 4 is 18.3 Å². The molecule has 1 aromatic rings. The second-order valence-electron chi connectivity index (χ2n) is 5.23. The van der Waals surface area contributed by atoms with E-state index in [0.717, 1.165) is 38.1 Å². The number of carbonyl (C=O) groups is 1. The molecule has 2 N–H and O–H groups in total. The predicted octanol–water partition coefficient (Wildman–Crippen LogP) is 1.75. The monoisotopic (exact) mass is 312 g/mol. The van der Waals surface area contributed by atoms with Gasteiger partial charge in [0.05, 0.1) is 13.2 Å². The van der Waals surface area contributed by atoms with Crippen LogP contribution in [0.5, 0.6) is 11.5 Å². The largest absolute Gasteiger partial charge is 0.490 e. The first kappa shape index (κ1) is 15.9. The molecular formula is C15H21ClN2O3. The number of benzene rings is 1. The number of hydrogen-bond donors (Lipinski definition) is 2. The van der Waals surface area contributed by atoms with E-state index in [1.165, 1.54) is 0 Å². The molecule has 0 spiro atoms. The van der Waals surface area contributed by atoms with Crippen molar-refractivity contribution in [1.29, 1.82) is 0 Å². The molecule has 2 aliphatic rings. The molecule has 116 valence electrons. The smallest absolute Gasteiger partial charge is 0.251 e. The summed E-state index contributed by atoms with van der Waals surface area (Å²) in [7, 11) is 0. The van der Waals surface area contributed by atoms with Gasteiger partial charge in [-0.25, -0.2) is 0 Å². The highest BCUT2D eigenvalue weighted by Crippen LogP contribution is 2.30. The van der Waals surface area contributed by atoms with E-state index in [4.69, 9.17) is 9.47 Å². The van der Waals surface area contributed by atoms with Crippen LogP contribution in [0.2, 0.25) is 0 Å². The van der Waals surface area contributed by atoms with Gasteiger partial charge in [-0.2, -0.15) is 0 Å². The van der Waals surface area contributed by atoms with Gasteiger partial charge in [-0.3, -0.25) is 4.79 Å². The van der Waals surface area contributed by atoms with E-state index in [2.05, 4.69) is 10.6 Å². The van der Waals surface area contributed by atoms with E-state index < -0.39 is 0 Å². The molecule has 1 fully saturated rings. The Kier molecular flexibility index (Phi) is 5.70. The van der Waals surface area contributed by atoms with Gasteiger partial charge in [0.2, 0.25) is 0 Å². The topological polar surface area (TPSA) is 59.6 Å². The van der Waals surface area contributed by atoms with Gasteiger partial charge in [-0.05, 0) is 37.6 Å². The van der Waals surface area contributed by atoms with E-state index in [9.17, 15) is 4.79 Å². The van der Waals surface area contributed by atoms with E-state index in [-0.39, 0.29) is 24.4 Å². The van der Waals surface area contributed by atoms with Gasteiger partial charge in [-0.15, -0.1) is 12.4 Å². The van der Waals surface area contributed by atoms with Crippen molar-refractivity contribution < 1.29 is 14.3 Å². The molecule has 2 heterocycles. The summed E-state index contributed by atoms with van der Waals surface area (Å²) in [5.41, 5.74) is 0.625. The van der Waals surface area contributed by atoms with Gasteiger partial charge in [0, 0.05) is 24.6 Å². The summed E-state index contributed by atoms with van der Waals surface area (Å²) in [4.78, 5) is 12.2. The van der Waals surface area contributed by atoms with Gasteiger partial charge < -0.3 is 20.1 Å². The minimum Gasteiger partial charge on any atom is -0.490 e. The lowest BCUT2D eigenvalue weighted by molar-refractivity contribution is 0.0930. The van der Waals surface area contributed by atoms with E-state index in [0.29, 0.717) is 24.5 Å². The minimum atomic E-state index is -0.0469. The first-order valence-electron chi connectivity index (χ1n) is 7.24. The highest BCUT2D eigenvalue weighted by atomic mass is 35.5. The van der Waals surface area contributed by atoms with Gasteiger partial charge in [0.25, 0.3) is 5.91 Å². The van der Waals surface area contributed by atoms with Crippen LogP contribution in [0.25, 0.3) is 0 Å². The molecule has 1 atom stereocenters. The number of piperidine rings is 1. The van der Waals surface area contributed by atoms with Crippen molar-refractivity contribution in [2.75, 3.05) is 26.3 Å². The Labute approximate surface area is 130 Å². The average molecular weight is 313 g/mol. The third kappa shape index (κ3) is 4.02. The quantitative estimate of drug-likeness (QED) is 0.873. The van der Waals surface area contributed by atoms with Crippen molar-refractivity contribution in [3.63, 3.8) is 0 Å². The molecule has 21 heavy (non-hydrogen) atoms. The molecule has 0 aromatic heterocycles. The highest BCUT2D eigenvalue weighted by molar-refractivity contribution is 5.95. The molecule has 3 rings (SSSR count). The number of hydrogen-bond acceptors (Lipinski definition) is 4. The fourth-order valence-electron chi connectivity index (χ4n) is 2.55. The second kappa shape index (κ2) is 7.52. The van der Waals surface area contributed by atoms with E-state index >= 15 is 0 Å². The Hall–Kier alpha value is -1.46. The van der Waals surface area contributed by atoms with Crippen LogP contribution >= 0.6 is 12.4 Å². The van der Waals surface area contributed by atoms with Crippen molar-refractivity contribution in [1.82, 2.24) is 10.6 Å². The van der Waals surface area contributed by atoms with E-state index in [1.807, 2.05) is 6.07 Å². The van der Waals surface area contributed by atoms with Crippen molar-refractivity contribution in [3.8, 4) is 11.5 Å². The lowest BCUT2D eigenvalue weighted by Gasteiger charge is -2.23. The van der Waals surface area contributed by atoms with Crippen molar-refractivity contribution in [2.24, 2.45) is 0 Å². The standard InChI is InChI=1S/C15H20N2O3.ClH/c18-15(17-12-3-1-6-16-10-12)11-4-5-13-14(9-11)20-8-2-7-19-13;/h4-5,9,12,16H,1-3,6-8,10H2,(H,17,18);1H. The first-order chi connectivity index (χ1) is 9.83. The molecule has 2 aliphatic heterocycles. The SMILES string of the molecule is Cl.O=C(NC1CCCNC1)c1ccc2c(c1)OCCCO2. The zero-order valence-electron chi connectivity index (χ0n) is 11.9. The molecule has 5 nitrogen and oxygen atoms in total. The number of carbonyl (C=O) groups excluding carboxylic acids is 1. The van der Waals surface area contributed by atoms with Crippen LogP contribution < -0.4 is 20.1 Å². The van der Waals surface area contributed by atoms with Gasteiger partial charge in [-0.1, -0.05) is 0 Å². The van der Waals surface area contributed by atoms with Crippen molar-refractivity contribution in [2.45, 2.75) is 25.3 Å². The van der Waals surface area contributed by atoms with Gasteiger partial charge in [0.15, 0.2) is 11.5 Å². The summed E-state index contributed by atoms with van der Waals surface area (Å²) >= 11 is 0. The molecule has 0 aliphatic carbocycles. The summed E-state index contributed by atoms with van der Waals surface area (Å²) in [6.45, 7) is 3.17. The number of fused-ring (bicyclic) bond motifs is 1. The molecule has 1 unspecified atom stereocenters. The molecule has 1 aromatic carbocycles. The zero-order chi connectivity index (χ0) is 13.8. The predicted molar refractivity (Wildman–Crippen MR) is 82.7 cm³/mol.